The maximum Gasteiger partial charge on any atom is 0.278 e. The number of H-pyrrole nitrogens is 1. The summed E-state index contributed by atoms with van der Waals surface area (Å²) >= 11 is 0. The van der Waals surface area contributed by atoms with Crippen LogP contribution in [0.25, 0.3) is 16.9 Å². The van der Waals surface area contributed by atoms with Gasteiger partial charge in [0.25, 0.3) is 11.5 Å². The molecular weight excluding hydrogens is 360 g/mol. The molecule has 0 atom stereocenters. The Morgan fingerprint density at radius 1 is 1.11 bits per heavy atom. The quantitative estimate of drug-likeness (QED) is 0.703. The zero-order valence-electron chi connectivity index (χ0n) is 15.3. The average Bonchev–Trinajstić information content (AvgIpc) is 3.31. The summed E-state index contributed by atoms with van der Waals surface area (Å²) in [7, 11) is 0. The molecule has 0 bridgehead atoms. The zero-order valence-corrected chi connectivity index (χ0v) is 15.3. The molecule has 1 N–H and O–H groups in total. The predicted molar refractivity (Wildman–Crippen MR) is 101 cm³/mol. The summed E-state index contributed by atoms with van der Waals surface area (Å²) in [5.74, 6) is -0.172. The van der Waals surface area contributed by atoms with Gasteiger partial charge in [-0.2, -0.15) is 0 Å². The smallest absolute Gasteiger partial charge is 0.278 e. The summed E-state index contributed by atoms with van der Waals surface area (Å²) in [6.45, 7) is 4.84. The summed E-state index contributed by atoms with van der Waals surface area (Å²) < 4.78 is 6.76. The van der Waals surface area contributed by atoms with Crippen LogP contribution in [-0.2, 0) is 11.3 Å². The van der Waals surface area contributed by atoms with Gasteiger partial charge in [0, 0.05) is 50.2 Å². The molecule has 3 aromatic heterocycles. The molecular formula is C19H20N6O3. The van der Waals surface area contributed by atoms with Crippen LogP contribution in [0.1, 0.15) is 16.1 Å². The lowest BCUT2D eigenvalue weighted by Crippen LogP contribution is -2.41. The van der Waals surface area contributed by atoms with Crippen LogP contribution < -0.4 is 5.56 Å². The van der Waals surface area contributed by atoms with Crippen LogP contribution in [0.4, 0.5) is 0 Å². The number of fused-ring (bicyclic) bond motifs is 2. The molecule has 0 unspecified atom stereocenters. The number of pyridine rings is 1. The van der Waals surface area contributed by atoms with E-state index >= 15 is 0 Å². The molecule has 2 aliphatic heterocycles. The third-order valence-electron chi connectivity index (χ3n) is 5.33. The van der Waals surface area contributed by atoms with Crippen molar-refractivity contribution in [3.05, 3.63) is 52.2 Å². The van der Waals surface area contributed by atoms with Crippen molar-refractivity contribution in [1.82, 2.24) is 29.4 Å². The highest BCUT2D eigenvalue weighted by Crippen LogP contribution is 2.21. The summed E-state index contributed by atoms with van der Waals surface area (Å²) in [5, 5.41) is 3.09. The summed E-state index contributed by atoms with van der Waals surface area (Å²) in [6, 6.07) is 5.48. The van der Waals surface area contributed by atoms with Crippen molar-refractivity contribution in [1.29, 1.82) is 0 Å². The number of nitrogens with zero attached hydrogens (tertiary/aromatic N) is 5. The molecule has 0 aromatic carbocycles. The van der Waals surface area contributed by atoms with Gasteiger partial charge >= 0.3 is 0 Å². The maximum atomic E-state index is 12.9. The fourth-order valence-corrected chi connectivity index (χ4v) is 3.74. The first-order valence-corrected chi connectivity index (χ1v) is 9.35. The number of carbonyl (C=O) groups excluding carboxylic acids is 1. The summed E-state index contributed by atoms with van der Waals surface area (Å²) in [4.78, 5) is 38.2. The van der Waals surface area contributed by atoms with E-state index in [9.17, 15) is 9.59 Å². The van der Waals surface area contributed by atoms with Gasteiger partial charge in [0.1, 0.15) is 5.69 Å². The van der Waals surface area contributed by atoms with Crippen LogP contribution in [0, 0.1) is 0 Å². The molecule has 0 saturated carbocycles. The van der Waals surface area contributed by atoms with E-state index in [0.717, 1.165) is 44.1 Å². The van der Waals surface area contributed by atoms with E-state index in [4.69, 9.17) is 4.74 Å². The van der Waals surface area contributed by atoms with Crippen LogP contribution in [0.3, 0.4) is 0 Å². The van der Waals surface area contributed by atoms with Crippen molar-refractivity contribution < 1.29 is 9.53 Å². The number of amides is 1. The van der Waals surface area contributed by atoms with E-state index in [-0.39, 0.29) is 17.2 Å². The van der Waals surface area contributed by atoms with Crippen molar-refractivity contribution in [2.45, 2.75) is 6.54 Å². The van der Waals surface area contributed by atoms with E-state index in [1.54, 1.807) is 23.4 Å². The van der Waals surface area contributed by atoms with Crippen LogP contribution in [0.5, 0.6) is 0 Å². The number of ether oxygens (including phenoxy) is 1. The van der Waals surface area contributed by atoms with Crippen molar-refractivity contribution in [2.24, 2.45) is 0 Å². The molecule has 1 amide bonds. The zero-order chi connectivity index (χ0) is 19.1. The van der Waals surface area contributed by atoms with Crippen molar-refractivity contribution >= 4 is 11.6 Å². The van der Waals surface area contributed by atoms with Crippen molar-refractivity contribution in [3.8, 4) is 11.3 Å². The van der Waals surface area contributed by atoms with E-state index in [1.165, 1.54) is 4.52 Å². The van der Waals surface area contributed by atoms with E-state index in [1.807, 2.05) is 12.1 Å². The van der Waals surface area contributed by atoms with Crippen molar-refractivity contribution in [3.63, 3.8) is 0 Å². The highest BCUT2D eigenvalue weighted by Gasteiger charge is 2.32. The third kappa shape index (κ3) is 2.88. The van der Waals surface area contributed by atoms with Gasteiger partial charge in [-0.15, -0.1) is 0 Å². The number of nitrogens with one attached hydrogen (secondary N) is 1. The van der Waals surface area contributed by atoms with Gasteiger partial charge in [0.15, 0.2) is 5.65 Å². The minimum Gasteiger partial charge on any atom is -0.379 e. The Morgan fingerprint density at radius 2 is 1.89 bits per heavy atom. The number of morpholine rings is 1. The highest BCUT2D eigenvalue weighted by atomic mass is 16.5. The molecule has 5 rings (SSSR count). The van der Waals surface area contributed by atoms with Crippen LogP contribution in [-0.4, -0.2) is 74.7 Å². The lowest BCUT2D eigenvalue weighted by molar-refractivity contribution is 0.0327. The molecule has 1 fully saturated rings. The topological polar surface area (TPSA) is 95.8 Å². The Labute approximate surface area is 160 Å². The van der Waals surface area contributed by atoms with Gasteiger partial charge in [0.2, 0.25) is 0 Å². The number of rotatable bonds is 4. The molecule has 2 aliphatic rings. The summed E-state index contributed by atoms with van der Waals surface area (Å²) in [5.41, 5.74) is 2.60. The minimum atomic E-state index is -0.220. The number of hydrogen-bond acceptors (Lipinski definition) is 6. The van der Waals surface area contributed by atoms with Crippen LogP contribution >= 0.6 is 0 Å². The normalized spacial score (nSPS) is 17.4. The Bertz CT molecular complexity index is 1080. The molecule has 1 saturated heterocycles. The van der Waals surface area contributed by atoms with Gasteiger partial charge < -0.3 is 9.64 Å². The number of hydrogen-bond donors (Lipinski definition) is 1. The fraction of sp³-hybridized carbons (Fsp3) is 0.368. The largest absolute Gasteiger partial charge is 0.379 e. The van der Waals surface area contributed by atoms with E-state index < -0.39 is 0 Å². The van der Waals surface area contributed by atoms with Gasteiger partial charge in [-0.3, -0.25) is 24.6 Å². The highest BCUT2D eigenvalue weighted by molar-refractivity contribution is 5.96. The van der Waals surface area contributed by atoms with Gasteiger partial charge in [0.05, 0.1) is 31.0 Å². The standard InChI is InChI=1S/C19H20N6O3/c26-18-14-12-24(6-5-23-7-9-28-10-8-23)19(27)17(14)21-16-11-15(22-25(16)18)13-1-3-20-4-2-13/h1-4,11,22H,5-10,12H2. The molecule has 0 spiro atoms. The van der Waals surface area contributed by atoms with Crippen LogP contribution in [0.15, 0.2) is 35.4 Å². The molecule has 0 aliphatic carbocycles. The molecule has 144 valence electrons. The second kappa shape index (κ2) is 6.84. The van der Waals surface area contributed by atoms with E-state index in [0.29, 0.717) is 24.3 Å². The van der Waals surface area contributed by atoms with Crippen LogP contribution in [0.2, 0.25) is 0 Å². The van der Waals surface area contributed by atoms with Gasteiger partial charge in [-0.25, -0.2) is 9.50 Å². The average molecular weight is 380 g/mol. The molecule has 28 heavy (non-hydrogen) atoms. The first-order valence-electron chi connectivity index (χ1n) is 9.35. The second-order valence-electron chi connectivity index (χ2n) is 7.02. The SMILES string of the molecule is O=C1c2nc3cc(-c4ccncc4)[nH]n3c(=O)c2CN1CCN1CCOCC1. The maximum absolute atomic E-state index is 12.9. The number of carbonyl (C=O) groups is 1. The Morgan fingerprint density at radius 3 is 2.68 bits per heavy atom. The first kappa shape index (κ1) is 17.1. The molecule has 9 nitrogen and oxygen atoms in total. The monoisotopic (exact) mass is 380 g/mol. The van der Waals surface area contributed by atoms with Gasteiger partial charge in [-0.1, -0.05) is 0 Å². The number of aromatic amines is 1. The molecule has 9 heteroatoms. The lowest BCUT2D eigenvalue weighted by atomic mass is 10.2. The first-order chi connectivity index (χ1) is 13.7. The van der Waals surface area contributed by atoms with Crippen molar-refractivity contribution in [2.75, 3.05) is 39.4 Å². The summed E-state index contributed by atoms with van der Waals surface area (Å²) in [6.07, 6.45) is 3.37. The predicted octanol–water partition coefficient (Wildman–Crippen LogP) is 0.373. The Hall–Kier alpha value is -3.04. The fourth-order valence-electron chi connectivity index (χ4n) is 3.74. The Kier molecular flexibility index (Phi) is 4.18. The third-order valence-corrected chi connectivity index (χ3v) is 5.33. The molecule has 3 aromatic rings. The second-order valence-corrected chi connectivity index (χ2v) is 7.02. The lowest BCUT2D eigenvalue weighted by Gasteiger charge is -2.28. The van der Waals surface area contributed by atoms with E-state index in [2.05, 4.69) is 20.0 Å². The minimum absolute atomic E-state index is 0.172. The Balaban J connectivity index is 1.41. The molecule has 0 radical (unpaired) electrons. The molecule has 5 heterocycles. The number of aromatic nitrogens is 4. The van der Waals surface area contributed by atoms with Gasteiger partial charge in [-0.05, 0) is 12.1 Å².